The highest BCUT2D eigenvalue weighted by Gasteiger charge is 2.41. The van der Waals surface area contributed by atoms with E-state index in [1.54, 1.807) is 13.2 Å². The maximum absolute atomic E-state index is 13.1. The first-order chi connectivity index (χ1) is 13.4. The zero-order valence-corrected chi connectivity index (χ0v) is 16.4. The lowest BCUT2D eigenvalue weighted by Gasteiger charge is -2.31. The molecule has 2 aliphatic carbocycles. The van der Waals surface area contributed by atoms with Gasteiger partial charge in [0.2, 0.25) is 5.91 Å². The summed E-state index contributed by atoms with van der Waals surface area (Å²) in [5.74, 6) is -2.35. The van der Waals surface area contributed by atoms with Crippen molar-refractivity contribution in [3.05, 3.63) is 11.6 Å². The van der Waals surface area contributed by atoms with Crippen LogP contribution in [0.1, 0.15) is 51.4 Å². The van der Waals surface area contributed by atoms with Gasteiger partial charge in [-0.25, -0.2) is 4.79 Å². The molecule has 8 heteroatoms. The molecule has 28 heavy (non-hydrogen) atoms. The van der Waals surface area contributed by atoms with Crippen molar-refractivity contribution < 1.29 is 34.1 Å². The highest BCUT2D eigenvalue weighted by atomic mass is 16.5. The summed E-state index contributed by atoms with van der Waals surface area (Å²) in [5, 5.41) is 21.7. The van der Waals surface area contributed by atoms with E-state index in [4.69, 9.17) is 14.6 Å². The Labute approximate surface area is 165 Å². The number of carbonyl (C=O) groups excluding carboxylic acids is 1. The highest BCUT2D eigenvalue weighted by molar-refractivity contribution is 5.91. The number of methoxy groups -OCH3 is 1. The Hall–Kier alpha value is -1.93. The maximum Gasteiger partial charge on any atom is 0.333 e. The summed E-state index contributed by atoms with van der Waals surface area (Å²) < 4.78 is 10.2. The predicted octanol–water partition coefficient (Wildman–Crippen LogP) is 1.98. The van der Waals surface area contributed by atoms with E-state index < -0.39 is 17.4 Å². The van der Waals surface area contributed by atoms with Crippen LogP contribution in [0.15, 0.2) is 11.6 Å². The number of carbonyl (C=O) groups is 3. The molecular formula is C20H31NO7. The summed E-state index contributed by atoms with van der Waals surface area (Å²) in [4.78, 5) is 35.8. The van der Waals surface area contributed by atoms with Crippen molar-refractivity contribution in [2.45, 2.75) is 57.4 Å². The van der Waals surface area contributed by atoms with Crippen molar-refractivity contribution in [3.63, 3.8) is 0 Å². The molecule has 0 aromatic carbocycles. The molecule has 0 atom stereocenters. The first kappa shape index (κ1) is 22.4. The molecule has 158 valence electrons. The quantitative estimate of drug-likeness (QED) is 0.380. The van der Waals surface area contributed by atoms with Gasteiger partial charge < -0.3 is 25.0 Å². The van der Waals surface area contributed by atoms with Gasteiger partial charge in [-0.1, -0.05) is 18.9 Å². The SMILES string of the molecule is COCCOC/C(=C\C1(C(=O)N[C@H]2CC[C@@H](C(=O)O)CC2)CCCC1)C(=O)O. The third-order valence-electron chi connectivity index (χ3n) is 5.77. The number of carboxylic acids is 2. The van der Waals surface area contributed by atoms with Crippen LogP contribution in [0, 0.1) is 11.3 Å². The monoisotopic (exact) mass is 397 g/mol. The number of amides is 1. The van der Waals surface area contributed by atoms with Gasteiger partial charge in [0.05, 0.1) is 36.7 Å². The van der Waals surface area contributed by atoms with Crippen LogP contribution >= 0.6 is 0 Å². The summed E-state index contributed by atoms with van der Waals surface area (Å²) in [6, 6.07) is -0.0554. The number of nitrogens with one attached hydrogen (secondary N) is 1. The van der Waals surface area contributed by atoms with Gasteiger partial charge in [-0.2, -0.15) is 0 Å². The van der Waals surface area contributed by atoms with E-state index >= 15 is 0 Å². The fourth-order valence-corrected chi connectivity index (χ4v) is 4.08. The molecule has 2 fully saturated rings. The molecule has 2 aliphatic rings. The van der Waals surface area contributed by atoms with Crippen LogP contribution < -0.4 is 5.32 Å². The molecule has 0 bridgehead atoms. The second-order valence-electron chi connectivity index (χ2n) is 7.74. The first-order valence-corrected chi connectivity index (χ1v) is 9.93. The average molecular weight is 397 g/mol. The average Bonchev–Trinajstić information content (AvgIpc) is 3.14. The van der Waals surface area contributed by atoms with Crippen LogP contribution in [-0.4, -0.2) is 61.0 Å². The largest absolute Gasteiger partial charge is 0.481 e. The van der Waals surface area contributed by atoms with Crippen LogP contribution in [0.3, 0.4) is 0 Å². The lowest BCUT2D eigenvalue weighted by molar-refractivity contribution is -0.143. The number of hydrogen-bond donors (Lipinski definition) is 3. The molecule has 0 radical (unpaired) electrons. The highest BCUT2D eigenvalue weighted by Crippen LogP contribution is 2.41. The molecule has 3 N–H and O–H groups in total. The summed E-state index contributed by atoms with van der Waals surface area (Å²) in [5.41, 5.74) is -0.745. The van der Waals surface area contributed by atoms with Gasteiger partial charge in [-0.3, -0.25) is 9.59 Å². The van der Waals surface area contributed by atoms with Gasteiger partial charge in [-0.05, 0) is 38.5 Å². The van der Waals surface area contributed by atoms with Crippen LogP contribution in [0.2, 0.25) is 0 Å². The third kappa shape index (κ3) is 6.04. The zero-order valence-electron chi connectivity index (χ0n) is 16.4. The standard InChI is InChI=1S/C20H31NO7/c1-27-10-11-28-13-15(18(24)25)12-20(8-2-3-9-20)19(26)21-16-6-4-14(5-7-16)17(22)23/h12,14,16H,2-11,13H2,1H3,(H,21,26)(H,22,23)(H,24,25)/b15-12+/t14-,16+. The van der Waals surface area contributed by atoms with Gasteiger partial charge in [0, 0.05) is 13.2 Å². The van der Waals surface area contributed by atoms with E-state index in [1.807, 2.05) is 0 Å². The van der Waals surface area contributed by atoms with Crippen molar-refractivity contribution in [3.8, 4) is 0 Å². The Morgan fingerprint density at radius 1 is 1.07 bits per heavy atom. The minimum absolute atomic E-state index is 0.0554. The molecule has 0 spiro atoms. The molecular weight excluding hydrogens is 366 g/mol. The molecule has 2 rings (SSSR count). The van der Waals surface area contributed by atoms with Crippen molar-refractivity contribution in [1.29, 1.82) is 0 Å². The minimum Gasteiger partial charge on any atom is -0.481 e. The predicted molar refractivity (Wildman–Crippen MR) is 101 cm³/mol. The third-order valence-corrected chi connectivity index (χ3v) is 5.77. The molecule has 0 aromatic heterocycles. The summed E-state index contributed by atoms with van der Waals surface area (Å²) in [6.07, 6.45) is 6.90. The summed E-state index contributed by atoms with van der Waals surface area (Å²) in [6.45, 7) is 0.585. The molecule has 1 amide bonds. The van der Waals surface area contributed by atoms with Crippen LogP contribution in [0.25, 0.3) is 0 Å². The molecule has 0 unspecified atom stereocenters. The van der Waals surface area contributed by atoms with Crippen molar-refractivity contribution >= 4 is 17.8 Å². The molecule has 0 aromatic rings. The van der Waals surface area contributed by atoms with E-state index in [9.17, 15) is 19.5 Å². The Bertz CT molecular complexity index is 587. The Kier molecular flexibility index (Phi) is 8.44. The first-order valence-electron chi connectivity index (χ1n) is 9.93. The maximum atomic E-state index is 13.1. The smallest absolute Gasteiger partial charge is 0.333 e. The van der Waals surface area contributed by atoms with Crippen LogP contribution in [0.5, 0.6) is 0 Å². The number of rotatable bonds is 10. The fraction of sp³-hybridized carbons (Fsp3) is 0.750. The number of hydrogen-bond acceptors (Lipinski definition) is 5. The lowest BCUT2D eigenvalue weighted by atomic mass is 9.81. The fourth-order valence-electron chi connectivity index (χ4n) is 4.08. The van der Waals surface area contributed by atoms with Crippen molar-refractivity contribution in [1.82, 2.24) is 5.32 Å². The second-order valence-corrected chi connectivity index (χ2v) is 7.74. The van der Waals surface area contributed by atoms with E-state index in [1.165, 1.54) is 0 Å². The van der Waals surface area contributed by atoms with E-state index in [2.05, 4.69) is 5.32 Å². The molecule has 0 aliphatic heterocycles. The zero-order chi connectivity index (χ0) is 20.6. The molecule has 0 heterocycles. The van der Waals surface area contributed by atoms with Gasteiger partial charge in [0.25, 0.3) is 0 Å². The van der Waals surface area contributed by atoms with Gasteiger partial charge >= 0.3 is 11.9 Å². The molecule has 2 saturated carbocycles. The Morgan fingerprint density at radius 2 is 1.71 bits per heavy atom. The minimum atomic E-state index is -1.08. The Balaban J connectivity index is 2.03. The molecule has 8 nitrogen and oxygen atoms in total. The summed E-state index contributed by atoms with van der Waals surface area (Å²) >= 11 is 0. The van der Waals surface area contributed by atoms with Gasteiger partial charge in [0.15, 0.2) is 0 Å². The van der Waals surface area contributed by atoms with Gasteiger partial charge in [0.1, 0.15) is 0 Å². The van der Waals surface area contributed by atoms with E-state index in [0.717, 1.165) is 12.8 Å². The van der Waals surface area contributed by atoms with Crippen LogP contribution in [0.4, 0.5) is 0 Å². The Morgan fingerprint density at radius 3 is 2.25 bits per heavy atom. The molecule has 0 saturated heterocycles. The van der Waals surface area contributed by atoms with Crippen LogP contribution in [-0.2, 0) is 23.9 Å². The number of carboxylic acid groups (broad SMARTS) is 2. The summed E-state index contributed by atoms with van der Waals surface area (Å²) in [7, 11) is 1.54. The van der Waals surface area contributed by atoms with E-state index in [0.29, 0.717) is 45.1 Å². The topological polar surface area (TPSA) is 122 Å². The normalized spacial score (nSPS) is 24.7. The lowest BCUT2D eigenvalue weighted by Crippen LogP contribution is -2.45. The van der Waals surface area contributed by atoms with Crippen molar-refractivity contribution in [2.24, 2.45) is 11.3 Å². The van der Waals surface area contributed by atoms with E-state index in [-0.39, 0.29) is 36.7 Å². The van der Waals surface area contributed by atoms with Gasteiger partial charge in [-0.15, -0.1) is 0 Å². The van der Waals surface area contributed by atoms with Crippen molar-refractivity contribution in [2.75, 3.05) is 26.9 Å². The number of aliphatic carboxylic acids is 2. The number of ether oxygens (including phenoxy) is 2. The second kappa shape index (κ2) is 10.6.